The highest BCUT2D eigenvalue weighted by atomic mass is 15.2. The van der Waals surface area contributed by atoms with E-state index < -0.39 is 0 Å². The highest BCUT2D eigenvalue weighted by Crippen LogP contribution is 2.22. The Labute approximate surface area is 103 Å². The molecule has 0 bridgehead atoms. The highest BCUT2D eigenvalue weighted by molar-refractivity contribution is 5.40. The molecule has 4 nitrogen and oxygen atoms in total. The Hall–Kier alpha value is -1.16. The van der Waals surface area contributed by atoms with Crippen molar-refractivity contribution in [3.8, 4) is 0 Å². The summed E-state index contributed by atoms with van der Waals surface area (Å²) >= 11 is 0. The van der Waals surface area contributed by atoms with Gasteiger partial charge in [-0.15, -0.1) is 0 Å². The molecule has 1 aliphatic rings. The average Bonchev–Trinajstić information content (AvgIpc) is 2.37. The van der Waals surface area contributed by atoms with Crippen molar-refractivity contribution < 1.29 is 0 Å². The van der Waals surface area contributed by atoms with E-state index in [0.717, 1.165) is 31.1 Å². The number of piperidine rings is 1. The van der Waals surface area contributed by atoms with Crippen LogP contribution in [-0.4, -0.2) is 35.6 Å². The van der Waals surface area contributed by atoms with Crippen LogP contribution in [0.1, 0.15) is 31.9 Å². The minimum Gasteiger partial charge on any atom is -0.352 e. The maximum Gasteiger partial charge on any atom is 0.132 e. The van der Waals surface area contributed by atoms with Crippen molar-refractivity contribution in [2.75, 3.05) is 24.5 Å². The molecule has 0 radical (unpaired) electrons. The van der Waals surface area contributed by atoms with Gasteiger partial charge in [-0.05, 0) is 32.7 Å². The summed E-state index contributed by atoms with van der Waals surface area (Å²) in [6.45, 7) is 7.38. The van der Waals surface area contributed by atoms with Gasteiger partial charge >= 0.3 is 0 Å². The number of anilines is 1. The molecule has 1 aromatic heterocycles. The molecule has 1 aliphatic heterocycles. The van der Waals surface area contributed by atoms with Gasteiger partial charge in [0, 0.05) is 30.9 Å². The molecule has 17 heavy (non-hydrogen) atoms. The van der Waals surface area contributed by atoms with Crippen molar-refractivity contribution in [3.05, 3.63) is 18.1 Å². The third-order valence-electron chi connectivity index (χ3n) is 3.34. The molecule has 0 aromatic carbocycles. The number of likely N-dealkylation sites (N-methyl/N-ethyl adjacent to an activating group) is 1. The van der Waals surface area contributed by atoms with E-state index in [9.17, 15) is 0 Å². The number of nitrogens with one attached hydrogen (secondary N) is 1. The maximum absolute atomic E-state index is 4.41. The quantitative estimate of drug-likeness (QED) is 0.862. The average molecular weight is 234 g/mol. The third kappa shape index (κ3) is 3.16. The van der Waals surface area contributed by atoms with E-state index in [1.165, 1.54) is 19.3 Å². The van der Waals surface area contributed by atoms with Crippen LogP contribution in [0, 0.1) is 6.92 Å². The summed E-state index contributed by atoms with van der Waals surface area (Å²) in [5, 5.41) is 3.45. The van der Waals surface area contributed by atoms with Crippen LogP contribution in [0.3, 0.4) is 0 Å². The zero-order valence-electron chi connectivity index (χ0n) is 10.8. The fraction of sp³-hybridized carbons (Fsp3) is 0.692. The topological polar surface area (TPSA) is 41.0 Å². The fourth-order valence-corrected chi connectivity index (χ4v) is 2.42. The first-order valence-electron chi connectivity index (χ1n) is 6.57. The van der Waals surface area contributed by atoms with Gasteiger partial charge in [-0.25, -0.2) is 9.97 Å². The molecule has 0 aliphatic carbocycles. The van der Waals surface area contributed by atoms with Gasteiger partial charge in [0.15, 0.2) is 0 Å². The molecule has 1 unspecified atom stereocenters. The van der Waals surface area contributed by atoms with E-state index >= 15 is 0 Å². The molecule has 4 heteroatoms. The predicted octanol–water partition coefficient (Wildman–Crippen LogP) is 1.75. The lowest BCUT2D eigenvalue weighted by molar-refractivity contribution is 0.436. The van der Waals surface area contributed by atoms with Crippen molar-refractivity contribution >= 4 is 5.82 Å². The first-order chi connectivity index (χ1) is 8.31. The van der Waals surface area contributed by atoms with Gasteiger partial charge in [0.2, 0.25) is 0 Å². The molecule has 0 amide bonds. The first-order valence-corrected chi connectivity index (χ1v) is 6.57. The molecular weight excluding hydrogens is 212 g/mol. The molecule has 1 atom stereocenters. The summed E-state index contributed by atoms with van der Waals surface area (Å²) in [5.74, 6) is 1.08. The van der Waals surface area contributed by atoms with E-state index in [-0.39, 0.29) is 0 Å². The lowest BCUT2D eigenvalue weighted by Gasteiger charge is -2.36. The summed E-state index contributed by atoms with van der Waals surface area (Å²) in [7, 11) is 0. The van der Waals surface area contributed by atoms with E-state index in [4.69, 9.17) is 0 Å². The van der Waals surface area contributed by atoms with Crippen LogP contribution in [0.5, 0.6) is 0 Å². The largest absolute Gasteiger partial charge is 0.352 e. The normalized spacial score (nSPS) is 20.6. The zero-order valence-corrected chi connectivity index (χ0v) is 10.8. The second-order valence-electron chi connectivity index (χ2n) is 4.67. The van der Waals surface area contributed by atoms with Crippen LogP contribution < -0.4 is 10.2 Å². The SMILES string of the molecule is CCNCC1CCCCN1c1cc(C)ncn1. The summed E-state index contributed by atoms with van der Waals surface area (Å²) in [6, 6.07) is 2.67. The van der Waals surface area contributed by atoms with Crippen molar-refractivity contribution in [2.45, 2.75) is 39.2 Å². The van der Waals surface area contributed by atoms with Gasteiger partial charge in [-0.2, -0.15) is 0 Å². The van der Waals surface area contributed by atoms with Crippen molar-refractivity contribution in [3.63, 3.8) is 0 Å². The Morgan fingerprint density at radius 1 is 1.41 bits per heavy atom. The van der Waals surface area contributed by atoms with Crippen LogP contribution in [0.15, 0.2) is 12.4 Å². The summed E-state index contributed by atoms with van der Waals surface area (Å²) < 4.78 is 0. The van der Waals surface area contributed by atoms with E-state index in [1.54, 1.807) is 6.33 Å². The number of nitrogens with zero attached hydrogens (tertiary/aromatic N) is 3. The van der Waals surface area contributed by atoms with Gasteiger partial charge in [-0.3, -0.25) is 0 Å². The number of rotatable bonds is 4. The van der Waals surface area contributed by atoms with Crippen LogP contribution in [-0.2, 0) is 0 Å². The Balaban J connectivity index is 2.10. The van der Waals surface area contributed by atoms with Crippen LogP contribution in [0.2, 0.25) is 0 Å². The number of aromatic nitrogens is 2. The number of hydrogen-bond acceptors (Lipinski definition) is 4. The summed E-state index contributed by atoms with van der Waals surface area (Å²) in [6.07, 6.45) is 5.53. The summed E-state index contributed by atoms with van der Waals surface area (Å²) in [4.78, 5) is 11.0. The second kappa shape index (κ2) is 5.96. The van der Waals surface area contributed by atoms with Crippen molar-refractivity contribution in [1.82, 2.24) is 15.3 Å². The summed E-state index contributed by atoms with van der Waals surface area (Å²) in [5.41, 5.74) is 1.04. The van der Waals surface area contributed by atoms with Gasteiger partial charge in [0.05, 0.1) is 0 Å². The van der Waals surface area contributed by atoms with Crippen LogP contribution in [0.4, 0.5) is 5.82 Å². The minimum atomic E-state index is 0.581. The first kappa shape index (κ1) is 12.3. The van der Waals surface area contributed by atoms with Gasteiger partial charge in [0.1, 0.15) is 12.1 Å². The zero-order chi connectivity index (χ0) is 12.1. The molecule has 1 aromatic rings. The molecule has 94 valence electrons. The molecular formula is C13H22N4. The molecule has 2 rings (SSSR count). The Morgan fingerprint density at radius 2 is 2.29 bits per heavy atom. The monoisotopic (exact) mass is 234 g/mol. The maximum atomic E-state index is 4.41. The molecule has 0 saturated carbocycles. The predicted molar refractivity (Wildman–Crippen MR) is 70.3 cm³/mol. The smallest absolute Gasteiger partial charge is 0.132 e. The lowest BCUT2D eigenvalue weighted by atomic mass is 10.0. The number of aryl methyl sites for hydroxylation is 1. The van der Waals surface area contributed by atoms with Gasteiger partial charge in [-0.1, -0.05) is 6.92 Å². The Morgan fingerprint density at radius 3 is 3.06 bits per heavy atom. The van der Waals surface area contributed by atoms with Crippen molar-refractivity contribution in [2.24, 2.45) is 0 Å². The van der Waals surface area contributed by atoms with Gasteiger partial charge < -0.3 is 10.2 Å². The molecule has 0 spiro atoms. The lowest BCUT2D eigenvalue weighted by Crippen LogP contribution is -2.46. The molecule has 1 fully saturated rings. The van der Waals surface area contributed by atoms with Crippen LogP contribution >= 0.6 is 0 Å². The molecule has 2 heterocycles. The highest BCUT2D eigenvalue weighted by Gasteiger charge is 2.23. The fourth-order valence-electron chi connectivity index (χ4n) is 2.42. The van der Waals surface area contributed by atoms with E-state index in [2.05, 4.69) is 33.2 Å². The third-order valence-corrected chi connectivity index (χ3v) is 3.34. The molecule has 1 N–H and O–H groups in total. The van der Waals surface area contributed by atoms with Crippen molar-refractivity contribution in [1.29, 1.82) is 0 Å². The number of hydrogen-bond donors (Lipinski definition) is 1. The standard InChI is InChI=1S/C13H22N4/c1-3-14-9-12-6-4-5-7-17(12)13-8-11(2)15-10-16-13/h8,10,12,14H,3-7,9H2,1-2H3. The Bertz CT molecular complexity index is 353. The minimum absolute atomic E-state index is 0.581. The second-order valence-corrected chi connectivity index (χ2v) is 4.67. The van der Waals surface area contributed by atoms with Crippen LogP contribution in [0.25, 0.3) is 0 Å². The van der Waals surface area contributed by atoms with E-state index in [0.29, 0.717) is 6.04 Å². The molecule has 1 saturated heterocycles. The van der Waals surface area contributed by atoms with Gasteiger partial charge in [0.25, 0.3) is 0 Å². The van der Waals surface area contributed by atoms with E-state index in [1.807, 2.05) is 6.92 Å². The Kier molecular flexibility index (Phi) is 4.31.